The van der Waals surface area contributed by atoms with Crippen molar-refractivity contribution in [3.05, 3.63) is 24.8 Å². The number of anilines is 1. The molecule has 1 aliphatic rings. The zero-order valence-corrected chi connectivity index (χ0v) is 9.80. The molecule has 2 aromatic heterocycles. The smallest absolute Gasteiger partial charge is 0.142 e. The monoisotopic (exact) mass is 229 g/mol. The largest absolute Gasteiger partial charge is 0.382 e. The van der Waals surface area contributed by atoms with Gasteiger partial charge in [0.25, 0.3) is 0 Å². The lowest BCUT2D eigenvalue weighted by Gasteiger charge is -2.38. The van der Waals surface area contributed by atoms with Crippen molar-refractivity contribution in [2.75, 3.05) is 5.73 Å². The fourth-order valence-electron chi connectivity index (χ4n) is 2.19. The molecule has 5 heteroatoms. The first-order chi connectivity index (χ1) is 8.17. The summed E-state index contributed by atoms with van der Waals surface area (Å²) in [4.78, 5) is 8.29. The van der Waals surface area contributed by atoms with Crippen molar-refractivity contribution in [2.45, 2.75) is 31.7 Å². The third-order valence-corrected chi connectivity index (χ3v) is 3.52. The van der Waals surface area contributed by atoms with E-state index in [1.807, 2.05) is 17.1 Å². The Kier molecular flexibility index (Phi) is 2.14. The van der Waals surface area contributed by atoms with E-state index in [2.05, 4.69) is 22.0 Å². The van der Waals surface area contributed by atoms with Gasteiger partial charge in [0.15, 0.2) is 0 Å². The lowest BCUT2D eigenvalue weighted by atomic mass is 9.79. The van der Waals surface area contributed by atoms with Gasteiger partial charge in [0.2, 0.25) is 0 Å². The highest BCUT2D eigenvalue weighted by Crippen LogP contribution is 2.38. The van der Waals surface area contributed by atoms with Gasteiger partial charge in [0, 0.05) is 11.8 Å². The van der Waals surface area contributed by atoms with Gasteiger partial charge in [-0.2, -0.15) is 5.10 Å². The molecule has 0 aromatic carbocycles. The molecular formula is C12H15N5. The van der Waals surface area contributed by atoms with Crippen LogP contribution >= 0.6 is 0 Å². The Labute approximate surface area is 99.7 Å². The van der Waals surface area contributed by atoms with Crippen LogP contribution in [0.5, 0.6) is 0 Å². The predicted molar refractivity (Wildman–Crippen MR) is 65.2 cm³/mol. The second-order valence-corrected chi connectivity index (χ2v) is 4.85. The first kappa shape index (κ1) is 10.3. The third kappa shape index (κ3) is 1.67. The lowest BCUT2D eigenvalue weighted by Crippen LogP contribution is -2.37. The Bertz CT molecular complexity index is 541. The summed E-state index contributed by atoms with van der Waals surface area (Å²) in [6, 6.07) is 0. The number of hydrogen-bond acceptors (Lipinski definition) is 4. The van der Waals surface area contributed by atoms with E-state index in [0.29, 0.717) is 5.82 Å². The number of nitrogens with two attached hydrogens (primary N) is 1. The van der Waals surface area contributed by atoms with Crippen LogP contribution in [-0.2, 0) is 5.54 Å². The number of nitrogen functional groups attached to an aromatic ring is 1. The predicted octanol–water partition coefficient (Wildman–Crippen LogP) is 1.82. The molecule has 0 amide bonds. The zero-order chi connectivity index (χ0) is 11.9. The molecule has 0 spiro atoms. The van der Waals surface area contributed by atoms with Crippen molar-refractivity contribution in [1.29, 1.82) is 0 Å². The summed E-state index contributed by atoms with van der Waals surface area (Å²) in [5, 5.41) is 4.42. The summed E-state index contributed by atoms with van der Waals surface area (Å²) >= 11 is 0. The summed E-state index contributed by atoms with van der Waals surface area (Å²) < 4.78 is 2.04. The maximum absolute atomic E-state index is 5.63. The fraction of sp³-hybridized carbons (Fsp3) is 0.417. The summed E-state index contributed by atoms with van der Waals surface area (Å²) in [7, 11) is 0. The maximum Gasteiger partial charge on any atom is 0.142 e. The summed E-state index contributed by atoms with van der Waals surface area (Å²) in [5.74, 6) is 0.435. The van der Waals surface area contributed by atoms with Gasteiger partial charge < -0.3 is 5.73 Å². The second kappa shape index (κ2) is 3.55. The minimum absolute atomic E-state index is 0.187. The van der Waals surface area contributed by atoms with Crippen LogP contribution in [0, 0.1) is 0 Å². The average Bonchev–Trinajstić information content (AvgIpc) is 2.75. The molecule has 88 valence electrons. The Balaban J connectivity index is 1.95. The van der Waals surface area contributed by atoms with Crippen LogP contribution in [0.1, 0.15) is 26.2 Å². The molecule has 0 aliphatic heterocycles. The van der Waals surface area contributed by atoms with Crippen molar-refractivity contribution < 1.29 is 0 Å². The minimum atomic E-state index is 0.187. The van der Waals surface area contributed by atoms with Crippen LogP contribution in [-0.4, -0.2) is 19.7 Å². The van der Waals surface area contributed by atoms with Gasteiger partial charge in [0.05, 0.1) is 29.8 Å². The van der Waals surface area contributed by atoms with E-state index in [1.165, 1.54) is 19.3 Å². The maximum atomic E-state index is 5.63. The van der Waals surface area contributed by atoms with Gasteiger partial charge >= 0.3 is 0 Å². The molecule has 3 rings (SSSR count). The first-order valence-corrected chi connectivity index (χ1v) is 5.80. The summed E-state index contributed by atoms with van der Waals surface area (Å²) in [6.07, 6.45) is 10.8. The molecule has 2 N–H and O–H groups in total. The van der Waals surface area contributed by atoms with Crippen molar-refractivity contribution in [3.8, 4) is 11.3 Å². The lowest BCUT2D eigenvalue weighted by molar-refractivity contribution is 0.149. The van der Waals surface area contributed by atoms with E-state index in [1.54, 1.807) is 12.4 Å². The van der Waals surface area contributed by atoms with Gasteiger partial charge in [-0.1, -0.05) is 0 Å². The Morgan fingerprint density at radius 2 is 2.12 bits per heavy atom. The van der Waals surface area contributed by atoms with Crippen LogP contribution in [0.2, 0.25) is 0 Å². The van der Waals surface area contributed by atoms with Crippen LogP contribution in [0.4, 0.5) is 5.82 Å². The minimum Gasteiger partial charge on any atom is -0.382 e. The molecule has 1 saturated carbocycles. The summed E-state index contributed by atoms with van der Waals surface area (Å²) in [5.41, 5.74) is 7.56. The van der Waals surface area contributed by atoms with Crippen molar-refractivity contribution in [1.82, 2.24) is 19.7 Å². The Morgan fingerprint density at radius 3 is 2.76 bits per heavy atom. The molecule has 17 heavy (non-hydrogen) atoms. The molecule has 0 saturated heterocycles. The molecular weight excluding hydrogens is 214 g/mol. The molecule has 1 fully saturated rings. The molecule has 0 unspecified atom stereocenters. The van der Waals surface area contributed by atoms with Gasteiger partial charge in [-0.3, -0.25) is 9.67 Å². The van der Waals surface area contributed by atoms with E-state index in [-0.39, 0.29) is 5.54 Å². The summed E-state index contributed by atoms with van der Waals surface area (Å²) in [6.45, 7) is 2.23. The van der Waals surface area contributed by atoms with Crippen LogP contribution < -0.4 is 5.73 Å². The highest BCUT2D eigenvalue weighted by atomic mass is 15.3. The molecule has 5 nitrogen and oxygen atoms in total. The first-order valence-electron chi connectivity index (χ1n) is 5.80. The quantitative estimate of drug-likeness (QED) is 0.852. The highest BCUT2D eigenvalue weighted by molar-refractivity contribution is 5.57. The van der Waals surface area contributed by atoms with Crippen LogP contribution in [0.25, 0.3) is 11.3 Å². The van der Waals surface area contributed by atoms with Gasteiger partial charge in [-0.05, 0) is 26.2 Å². The van der Waals surface area contributed by atoms with Crippen LogP contribution in [0.15, 0.2) is 24.8 Å². The second-order valence-electron chi connectivity index (χ2n) is 4.85. The van der Waals surface area contributed by atoms with Gasteiger partial charge in [0.1, 0.15) is 5.82 Å². The van der Waals surface area contributed by atoms with Crippen molar-refractivity contribution in [3.63, 3.8) is 0 Å². The average molecular weight is 229 g/mol. The van der Waals surface area contributed by atoms with Crippen molar-refractivity contribution in [2.24, 2.45) is 0 Å². The number of nitrogens with zero attached hydrogens (tertiary/aromatic N) is 4. The van der Waals surface area contributed by atoms with E-state index in [9.17, 15) is 0 Å². The Hall–Kier alpha value is -1.91. The van der Waals surface area contributed by atoms with E-state index >= 15 is 0 Å². The normalized spacial score (nSPS) is 17.7. The molecule has 0 atom stereocenters. The van der Waals surface area contributed by atoms with Gasteiger partial charge in [-0.15, -0.1) is 0 Å². The molecule has 0 radical (unpaired) electrons. The SMILES string of the molecule is CC1(n2cc(-c3cncc(N)n3)cn2)CCC1. The Morgan fingerprint density at radius 1 is 1.29 bits per heavy atom. The molecule has 0 bridgehead atoms. The molecule has 2 aromatic rings. The van der Waals surface area contributed by atoms with E-state index in [0.717, 1.165) is 11.3 Å². The zero-order valence-electron chi connectivity index (χ0n) is 9.80. The third-order valence-electron chi connectivity index (χ3n) is 3.52. The van der Waals surface area contributed by atoms with E-state index in [4.69, 9.17) is 5.73 Å². The van der Waals surface area contributed by atoms with Gasteiger partial charge in [-0.25, -0.2) is 4.98 Å². The highest BCUT2D eigenvalue weighted by Gasteiger charge is 2.34. The number of rotatable bonds is 2. The molecule has 2 heterocycles. The van der Waals surface area contributed by atoms with Crippen molar-refractivity contribution >= 4 is 5.82 Å². The van der Waals surface area contributed by atoms with Crippen LogP contribution in [0.3, 0.4) is 0 Å². The van der Waals surface area contributed by atoms with E-state index < -0.39 is 0 Å². The fourth-order valence-corrected chi connectivity index (χ4v) is 2.19. The topological polar surface area (TPSA) is 69.6 Å². The standard InChI is InChI=1S/C12H15N5/c1-12(3-2-4-12)17-8-9(5-15-17)10-6-14-7-11(13)16-10/h5-8H,2-4H2,1H3,(H2,13,16). The number of hydrogen-bond donors (Lipinski definition) is 1. The molecule has 1 aliphatic carbocycles. The number of aromatic nitrogens is 4.